The molecule has 0 unspecified atom stereocenters. The van der Waals surface area contributed by atoms with E-state index in [4.69, 9.17) is 4.74 Å². The van der Waals surface area contributed by atoms with Crippen molar-refractivity contribution in [2.75, 3.05) is 26.3 Å². The topological polar surface area (TPSA) is 36.3 Å². The lowest BCUT2D eigenvalue weighted by Gasteiger charge is -2.31. The molecule has 1 heterocycles. The van der Waals surface area contributed by atoms with Gasteiger partial charge in [-0.1, -0.05) is 24.3 Å². The molecule has 1 aromatic carbocycles. The molecular weight excluding hydrogens is 200 g/mol. The standard InChI is InChI=1S/C13H16N2O/c1-11-4-2-3-5-12(11)13(10-14)15-6-8-16-9-7-15/h2-5,13H,6-9H2,1H3/t13-/m1/s1. The van der Waals surface area contributed by atoms with Gasteiger partial charge in [0.05, 0.1) is 19.3 Å². The third-order valence-corrected chi connectivity index (χ3v) is 3.02. The van der Waals surface area contributed by atoms with E-state index in [1.807, 2.05) is 18.2 Å². The number of rotatable bonds is 2. The molecule has 1 saturated heterocycles. The minimum atomic E-state index is -0.134. The van der Waals surface area contributed by atoms with Gasteiger partial charge in [0, 0.05) is 13.1 Å². The van der Waals surface area contributed by atoms with Crippen molar-refractivity contribution in [3.8, 4) is 6.07 Å². The van der Waals surface area contributed by atoms with Crippen molar-refractivity contribution >= 4 is 0 Å². The smallest absolute Gasteiger partial charge is 0.124 e. The van der Waals surface area contributed by atoms with Crippen molar-refractivity contribution in [3.05, 3.63) is 35.4 Å². The third-order valence-electron chi connectivity index (χ3n) is 3.02. The van der Waals surface area contributed by atoms with Crippen LogP contribution in [0.15, 0.2) is 24.3 Å². The molecule has 84 valence electrons. The molecule has 3 nitrogen and oxygen atoms in total. The van der Waals surface area contributed by atoms with E-state index in [0.29, 0.717) is 0 Å². The first-order valence-corrected chi connectivity index (χ1v) is 5.60. The van der Waals surface area contributed by atoms with Crippen LogP contribution in [0.25, 0.3) is 0 Å². The predicted molar refractivity (Wildman–Crippen MR) is 61.9 cm³/mol. The van der Waals surface area contributed by atoms with Crippen molar-refractivity contribution in [2.24, 2.45) is 0 Å². The SMILES string of the molecule is Cc1ccccc1[C@@H](C#N)N1CCOCC1. The second-order valence-electron chi connectivity index (χ2n) is 4.04. The molecular formula is C13H16N2O. The van der Waals surface area contributed by atoms with E-state index >= 15 is 0 Å². The van der Waals surface area contributed by atoms with Crippen molar-refractivity contribution < 1.29 is 4.74 Å². The summed E-state index contributed by atoms with van der Waals surface area (Å²) in [5.74, 6) is 0. The Bertz CT molecular complexity index is 391. The van der Waals surface area contributed by atoms with E-state index in [1.54, 1.807) is 0 Å². The zero-order valence-electron chi connectivity index (χ0n) is 9.52. The Kier molecular flexibility index (Phi) is 3.55. The molecule has 1 aromatic rings. The molecule has 0 spiro atoms. The first-order valence-electron chi connectivity index (χ1n) is 5.60. The Morgan fingerprint density at radius 2 is 2.00 bits per heavy atom. The van der Waals surface area contributed by atoms with Gasteiger partial charge in [-0.25, -0.2) is 0 Å². The predicted octanol–water partition coefficient (Wildman–Crippen LogP) is 1.89. The Balaban J connectivity index is 2.22. The normalized spacial score (nSPS) is 19.0. The minimum absolute atomic E-state index is 0.134. The fraction of sp³-hybridized carbons (Fsp3) is 0.462. The summed E-state index contributed by atoms with van der Waals surface area (Å²) in [4.78, 5) is 2.19. The second-order valence-corrected chi connectivity index (χ2v) is 4.04. The number of aryl methyl sites for hydroxylation is 1. The molecule has 0 aliphatic carbocycles. The van der Waals surface area contributed by atoms with Crippen LogP contribution in [0.3, 0.4) is 0 Å². The van der Waals surface area contributed by atoms with E-state index in [0.717, 1.165) is 31.9 Å². The highest BCUT2D eigenvalue weighted by atomic mass is 16.5. The zero-order valence-corrected chi connectivity index (χ0v) is 9.52. The molecule has 16 heavy (non-hydrogen) atoms. The molecule has 0 aromatic heterocycles. The molecule has 2 rings (SSSR count). The molecule has 0 saturated carbocycles. The number of hydrogen-bond donors (Lipinski definition) is 0. The lowest BCUT2D eigenvalue weighted by molar-refractivity contribution is 0.0265. The third kappa shape index (κ3) is 2.24. The second kappa shape index (κ2) is 5.11. The average Bonchev–Trinajstić information content (AvgIpc) is 2.34. The van der Waals surface area contributed by atoms with Gasteiger partial charge in [0.25, 0.3) is 0 Å². The largest absolute Gasteiger partial charge is 0.379 e. The minimum Gasteiger partial charge on any atom is -0.379 e. The van der Waals surface area contributed by atoms with Gasteiger partial charge in [0.15, 0.2) is 0 Å². The maximum atomic E-state index is 9.32. The van der Waals surface area contributed by atoms with E-state index in [2.05, 4.69) is 24.0 Å². The summed E-state index contributed by atoms with van der Waals surface area (Å²) >= 11 is 0. The van der Waals surface area contributed by atoms with Crippen LogP contribution in [-0.4, -0.2) is 31.2 Å². The van der Waals surface area contributed by atoms with Gasteiger partial charge < -0.3 is 4.74 Å². The number of nitriles is 1. The summed E-state index contributed by atoms with van der Waals surface area (Å²) in [6, 6.07) is 10.4. The Hall–Kier alpha value is -1.37. The van der Waals surface area contributed by atoms with Crippen molar-refractivity contribution in [2.45, 2.75) is 13.0 Å². The van der Waals surface area contributed by atoms with Crippen LogP contribution in [0.1, 0.15) is 17.2 Å². The molecule has 1 aliphatic rings. The summed E-state index contributed by atoms with van der Waals surface area (Å²) in [7, 11) is 0. The summed E-state index contributed by atoms with van der Waals surface area (Å²) in [5, 5.41) is 9.32. The number of hydrogen-bond acceptors (Lipinski definition) is 3. The molecule has 3 heteroatoms. The van der Waals surface area contributed by atoms with Gasteiger partial charge in [0.2, 0.25) is 0 Å². The van der Waals surface area contributed by atoms with E-state index in [-0.39, 0.29) is 6.04 Å². The lowest BCUT2D eigenvalue weighted by atomic mass is 10.0. The van der Waals surface area contributed by atoms with Crippen LogP contribution in [-0.2, 0) is 4.74 Å². The quantitative estimate of drug-likeness (QED) is 0.757. The van der Waals surface area contributed by atoms with Crippen LogP contribution in [0.5, 0.6) is 0 Å². The Morgan fingerprint density at radius 3 is 2.62 bits per heavy atom. The zero-order chi connectivity index (χ0) is 11.4. The van der Waals surface area contributed by atoms with E-state index < -0.39 is 0 Å². The number of nitrogens with zero attached hydrogens (tertiary/aromatic N) is 2. The summed E-state index contributed by atoms with van der Waals surface area (Å²) < 4.78 is 5.31. The molecule has 1 fully saturated rings. The molecule has 1 atom stereocenters. The fourth-order valence-electron chi connectivity index (χ4n) is 2.08. The van der Waals surface area contributed by atoms with Gasteiger partial charge in [-0.3, -0.25) is 4.90 Å². The van der Waals surface area contributed by atoms with Gasteiger partial charge >= 0.3 is 0 Å². The van der Waals surface area contributed by atoms with Crippen molar-refractivity contribution in [3.63, 3.8) is 0 Å². The number of ether oxygens (including phenoxy) is 1. The van der Waals surface area contributed by atoms with Gasteiger partial charge in [-0.15, -0.1) is 0 Å². The first-order chi connectivity index (χ1) is 7.83. The van der Waals surface area contributed by atoms with E-state index in [1.165, 1.54) is 5.56 Å². The summed E-state index contributed by atoms with van der Waals surface area (Å²) in [6.45, 7) is 5.19. The first kappa shape index (κ1) is 11.1. The van der Waals surface area contributed by atoms with Crippen molar-refractivity contribution in [1.82, 2.24) is 4.90 Å². The van der Waals surface area contributed by atoms with Gasteiger partial charge in [-0.2, -0.15) is 5.26 Å². The molecule has 0 amide bonds. The highest BCUT2D eigenvalue weighted by molar-refractivity contribution is 5.32. The molecule has 0 radical (unpaired) electrons. The van der Waals surface area contributed by atoms with Gasteiger partial charge in [-0.05, 0) is 18.1 Å². The van der Waals surface area contributed by atoms with Crippen LogP contribution in [0.2, 0.25) is 0 Å². The number of benzene rings is 1. The summed E-state index contributed by atoms with van der Waals surface area (Å²) in [5.41, 5.74) is 2.30. The number of morpholine rings is 1. The highest BCUT2D eigenvalue weighted by Gasteiger charge is 2.22. The van der Waals surface area contributed by atoms with Gasteiger partial charge in [0.1, 0.15) is 6.04 Å². The highest BCUT2D eigenvalue weighted by Crippen LogP contribution is 2.23. The Morgan fingerprint density at radius 1 is 1.31 bits per heavy atom. The van der Waals surface area contributed by atoms with E-state index in [9.17, 15) is 5.26 Å². The average molecular weight is 216 g/mol. The maximum absolute atomic E-state index is 9.32. The van der Waals surface area contributed by atoms with Crippen LogP contribution in [0.4, 0.5) is 0 Å². The fourth-order valence-corrected chi connectivity index (χ4v) is 2.08. The van der Waals surface area contributed by atoms with Crippen molar-refractivity contribution in [1.29, 1.82) is 5.26 Å². The monoisotopic (exact) mass is 216 g/mol. The molecule has 0 N–H and O–H groups in total. The van der Waals surface area contributed by atoms with Crippen LogP contribution >= 0.6 is 0 Å². The molecule has 1 aliphatic heterocycles. The lowest BCUT2D eigenvalue weighted by Crippen LogP contribution is -2.38. The maximum Gasteiger partial charge on any atom is 0.124 e. The molecule has 0 bridgehead atoms. The summed E-state index contributed by atoms with van der Waals surface area (Å²) in [6.07, 6.45) is 0. The van der Waals surface area contributed by atoms with Crippen LogP contribution < -0.4 is 0 Å². The van der Waals surface area contributed by atoms with Crippen LogP contribution in [0, 0.1) is 18.3 Å². The Labute approximate surface area is 96.2 Å².